The fourth-order valence-corrected chi connectivity index (χ4v) is 2.53. The largest absolute Gasteiger partial charge is 0.424 e. The summed E-state index contributed by atoms with van der Waals surface area (Å²) in [6.07, 6.45) is 3.06. The Morgan fingerprint density at radius 1 is 1.04 bits per heavy atom. The van der Waals surface area contributed by atoms with Gasteiger partial charge in [0.2, 0.25) is 0 Å². The predicted molar refractivity (Wildman–Crippen MR) is 92.9 cm³/mol. The van der Waals surface area contributed by atoms with Gasteiger partial charge in [-0.3, -0.25) is 4.57 Å². The zero-order valence-corrected chi connectivity index (χ0v) is 13.6. The molecule has 0 radical (unpaired) electrons. The third-order valence-corrected chi connectivity index (χ3v) is 3.82. The van der Waals surface area contributed by atoms with E-state index < -0.39 is 0 Å². The number of ether oxygens (including phenoxy) is 1. The van der Waals surface area contributed by atoms with Crippen LogP contribution in [0.2, 0.25) is 5.02 Å². The fraction of sp³-hybridized carbons (Fsp3) is 0. The third-order valence-electron chi connectivity index (χ3n) is 3.57. The minimum Gasteiger partial charge on any atom is -0.424 e. The van der Waals surface area contributed by atoms with Crippen molar-refractivity contribution in [3.63, 3.8) is 0 Å². The molecule has 2 aromatic carbocycles. The summed E-state index contributed by atoms with van der Waals surface area (Å²) in [6, 6.07) is 16.7. The molecule has 0 saturated carbocycles. The Morgan fingerprint density at radius 2 is 1.84 bits per heavy atom. The maximum atomic E-state index is 9.38. The van der Waals surface area contributed by atoms with Crippen molar-refractivity contribution in [1.29, 1.82) is 5.26 Å². The van der Waals surface area contributed by atoms with Gasteiger partial charge in [0.05, 0.1) is 17.2 Å². The lowest BCUT2D eigenvalue weighted by Gasteiger charge is -2.08. The second-order valence-electron chi connectivity index (χ2n) is 5.16. The van der Waals surface area contributed by atoms with Gasteiger partial charge in [-0.1, -0.05) is 23.7 Å². The van der Waals surface area contributed by atoms with Crippen LogP contribution in [0.25, 0.3) is 16.9 Å². The third kappa shape index (κ3) is 2.89. The van der Waals surface area contributed by atoms with Gasteiger partial charge < -0.3 is 4.74 Å². The van der Waals surface area contributed by atoms with Gasteiger partial charge in [0.15, 0.2) is 5.82 Å². The van der Waals surface area contributed by atoms with Crippen LogP contribution in [-0.4, -0.2) is 19.5 Å². The molecule has 0 N–H and O–H groups in total. The van der Waals surface area contributed by atoms with Gasteiger partial charge in [0.1, 0.15) is 23.7 Å². The van der Waals surface area contributed by atoms with Crippen molar-refractivity contribution in [3.05, 3.63) is 71.6 Å². The molecule has 0 aliphatic rings. The van der Waals surface area contributed by atoms with Gasteiger partial charge >= 0.3 is 6.01 Å². The average Bonchev–Trinajstić information content (AvgIpc) is 3.07. The number of nitrogens with zero attached hydrogens (tertiary/aromatic N) is 5. The topological polar surface area (TPSA) is 76.6 Å². The highest BCUT2D eigenvalue weighted by molar-refractivity contribution is 6.30. The molecular formula is C18H10ClN5O. The van der Waals surface area contributed by atoms with Gasteiger partial charge in [-0.15, -0.1) is 0 Å². The first-order chi connectivity index (χ1) is 12.2. The van der Waals surface area contributed by atoms with E-state index in [1.807, 2.05) is 24.3 Å². The predicted octanol–water partition coefficient (Wildman–Crippen LogP) is 4.13. The van der Waals surface area contributed by atoms with Crippen LogP contribution in [0.3, 0.4) is 0 Å². The summed E-state index contributed by atoms with van der Waals surface area (Å²) < 4.78 is 7.40. The Kier molecular flexibility index (Phi) is 3.77. The van der Waals surface area contributed by atoms with Gasteiger partial charge in [0.25, 0.3) is 0 Å². The first-order valence-electron chi connectivity index (χ1n) is 7.37. The van der Waals surface area contributed by atoms with Crippen molar-refractivity contribution >= 4 is 22.6 Å². The molecule has 4 rings (SSSR count). The van der Waals surface area contributed by atoms with Crippen molar-refractivity contribution in [2.75, 3.05) is 0 Å². The number of halogens is 1. The normalized spacial score (nSPS) is 10.6. The summed E-state index contributed by atoms with van der Waals surface area (Å²) in [5.41, 5.74) is 1.98. The van der Waals surface area contributed by atoms with Crippen LogP contribution in [-0.2, 0) is 0 Å². The van der Waals surface area contributed by atoms with Gasteiger partial charge in [-0.05, 0) is 36.4 Å². The maximum Gasteiger partial charge on any atom is 0.324 e. The molecule has 0 amide bonds. The van der Waals surface area contributed by atoms with E-state index in [-0.39, 0.29) is 6.01 Å². The van der Waals surface area contributed by atoms with E-state index in [0.29, 0.717) is 22.2 Å². The Hall–Kier alpha value is -3.43. The summed E-state index contributed by atoms with van der Waals surface area (Å²) >= 11 is 5.87. The fourth-order valence-electron chi connectivity index (χ4n) is 2.40. The van der Waals surface area contributed by atoms with E-state index in [1.54, 1.807) is 35.2 Å². The summed E-state index contributed by atoms with van der Waals surface area (Å²) in [6.45, 7) is 0. The molecule has 0 saturated heterocycles. The van der Waals surface area contributed by atoms with E-state index in [2.05, 4.69) is 21.0 Å². The molecule has 0 atom stereocenters. The molecule has 0 fully saturated rings. The molecule has 120 valence electrons. The smallest absolute Gasteiger partial charge is 0.324 e. The summed E-state index contributed by atoms with van der Waals surface area (Å²) in [5.74, 6) is 0.964. The first kappa shape index (κ1) is 15.1. The zero-order valence-electron chi connectivity index (χ0n) is 12.8. The number of benzene rings is 2. The van der Waals surface area contributed by atoms with Gasteiger partial charge in [-0.25, -0.2) is 9.97 Å². The van der Waals surface area contributed by atoms with Crippen molar-refractivity contribution < 1.29 is 4.74 Å². The highest BCUT2D eigenvalue weighted by Gasteiger charge is 2.13. The molecule has 2 aromatic heterocycles. The number of nitriles is 1. The van der Waals surface area contributed by atoms with E-state index in [4.69, 9.17) is 16.3 Å². The molecule has 2 heterocycles. The molecule has 0 aliphatic heterocycles. The zero-order chi connectivity index (χ0) is 17.2. The van der Waals surface area contributed by atoms with Crippen molar-refractivity contribution in [2.24, 2.45) is 0 Å². The second-order valence-corrected chi connectivity index (χ2v) is 5.60. The maximum absolute atomic E-state index is 9.38. The highest BCUT2D eigenvalue weighted by Crippen LogP contribution is 2.24. The average molecular weight is 348 g/mol. The van der Waals surface area contributed by atoms with Gasteiger partial charge in [-0.2, -0.15) is 10.2 Å². The molecule has 0 bridgehead atoms. The molecule has 0 spiro atoms. The van der Waals surface area contributed by atoms with E-state index in [1.165, 1.54) is 6.20 Å². The number of rotatable bonds is 3. The lowest BCUT2D eigenvalue weighted by Crippen LogP contribution is -2.03. The van der Waals surface area contributed by atoms with E-state index in [0.717, 1.165) is 11.0 Å². The molecule has 6 nitrogen and oxygen atoms in total. The number of aromatic nitrogens is 4. The minimum absolute atomic E-state index is 0.133. The molecule has 0 unspecified atom stereocenters. The number of hydrogen-bond acceptors (Lipinski definition) is 5. The number of fused-ring (bicyclic) bond motifs is 1. The van der Waals surface area contributed by atoms with Crippen LogP contribution in [0.15, 0.2) is 61.1 Å². The Bertz CT molecular complexity index is 1100. The minimum atomic E-state index is 0.133. The Morgan fingerprint density at radius 3 is 2.64 bits per heavy atom. The van der Waals surface area contributed by atoms with Crippen molar-refractivity contribution in [1.82, 2.24) is 19.5 Å². The van der Waals surface area contributed by atoms with E-state index >= 15 is 0 Å². The first-order valence-corrected chi connectivity index (χ1v) is 7.75. The molecule has 0 aliphatic carbocycles. The number of hydrogen-bond donors (Lipinski definition) is 0. The lowest BCUT2D eigenvalue weighted by atomic mass is 10.3. The summed E-state index contributed by atoms with van der Waals surface area (Å²) in [7, 11) is 0. The highest BCUT2D eigenvalue weighted by atomic mass is 35.5. The lowest BCUT2D eigenvalue weighted by molar-refractivity contribution is 0.441. The molecular weight excluding hydrogens is 338 g/mol. The second kappa shape index (κ2) is 6.23. The number of imidazole rings is 1. The molecule has 7 heteroatoms. The van der Waals surface area contributed by atoms with Crippen LogP contribution >= 0.6 is 11.6 Å². The molecule has 25 heavy (non-hydrogen) atoms. The van der Waals surface area contributed by atoms with Crippen LogP contribution < -0.4 is 4.74 Å². The van der Waals surface area contributed by atoms with E-state index in [9.17, 15) is 5.26 Å². The van der Waals surface area contributed by atoms with Gasteiger partial charge in [0, 0.05) is 5.02 Å². The SMILES string of the molecule is N#Cc1cnc(Oc2ccc(Cl)cc2)nc1-n1cnc2ccccc21. The number of para-hydroxylation sites is 2. The standard InChI is InChI=1S/C18H10ClN5O/c19-13-5-7-14(8-6-13)25-18-21-10-12(9-20)17(23-18)24-11-22-15-3-1-2-4-16(15)24/h1-8,10-11H. The van der Waals surface area contributed by atoms with Crippen LogP contribution in [0, 0.1) is 11.3 Å². The Balaban J connectivity index is 1.79. The van der Waals surface area contributed by atoms with Crippen LogP contribution in [0.4, 0.5) is 0 Å². The quantitative estimate of drug-likeness (QED) is 0.556. The van der Waals surface area contributed by atoms with Crippen LogP contribution in [0.1, 0.15) is 5.56 Å². The van der Waals surface area contributed by atoms with Crippen LogP contribution in [0.5, 0.6) is 11.8 Å². The van der Waals surface area contributed by atoms with Crippen molar-refractivity contribution in [3.8, 4) is 23.6 Å². The summed E-state index contributed by atoms with van der Waals surface area (Å²) in [4.78, 5) is 12.8. The molecule has 4 aromatic rings. The Labute approximate surface area is 147 Å². The summed E-state index contributed by atoms with van der Waals surface area (Å²) in [5, 5.41) is 9.99. The monoisotopic (exact) mass is 347 g/mol. The van der Waals surface area contributed by atoms with Crippen molar-refractivity contribution in [2.45, 2.75) is 0 Å².